The number of piperidine rings is 1. The highest BCUT2D eigenvalue weighted by Crippen LogP contribution is 2.27. The van der Waals surface area contributed by atoms with Gasteiger partial charge in [-0.1, -0.05) is 38.3 Å². The maximum absolute atomic E-state index is 12.8. The Labute approximate surface area is 162 Å². The lowest BCUT2D eigenvalue weighted by Gasteiger charge is -2.30. The summed E-state index contributed by atoms with van der Waals surface area (Å²) in [5.74, 6) is 0.767. The maximum atomic E-state index is 12.8. The van der Waals surface area contributed by atoms with Gasteiger partial charge in [-0.15, -0.1) is 0 Å². The van der Waals surface area contributed by atoms with E-state index in [0.717, 1.165) is 12.8 Å². The lowest BCUT2D eigenvalue weighted by atomic mass is 9.95. The number of aryl methyl sites for hydroxylation is 2. The van der Waals surface area contributed by atoms with Crippen LogP contribution in [0.3, 0.4) is 0 Å². The van der Waals surface area contributed by atoms with Crippen LogP contribution in [0, 0.1) is 25.7 Å². The molecule has 1 aromatic heterocycles. The molecular weight excluding hydrogens is 366 g/mol. The van der Waals surface area contributed by atoms with Crippen molar-refractivity contribution in [3.05, 3.63) is 11.5 Å². The number of unbranched alkanes of at least 4 members (excludes halogenated alkanes) is 1. The second-order valence-corrected chi connectivity index (χ2v) is 9.37. The van der Waals surface area contributed by atoms with Gasteiger partial charge in [0.05, 0.1) is 0 Å². The van der Waals surface area contributed by atoms with Crippen LogP contribution in [0.1, 0.15) is 63.8 Å². The van der Waals surface area contributed by atoms with Crippen molar-refractivity contribution < 1.29 is 17.7 Å². The van der Waals surface area contributed by atoms with E-state index in [1.165, 1.54) is 17.1 Å². The van der Waals surface area contributed by atoms with E-state index in [-0.39, 0.29) is 16.7 Å². The number of hydrogen-bond acceptors (Lipinski definition) is 5. The van der Waals surface area contributed by atoms with Crippen LogP contribution in [-0.2, 0) is 14.8 Å². The van der Waals surface area contributed by atoms with Gasteiger partial charge >= 0.3 is 0 Å². The molecule has 0 radical (unpaired) electrons. The summed E-state index contributed by atoms with van der Waals surface area (Å²) in [5, 5.41) is 6.83. The van der Waals surface area contributed by atoms with Crippen LogP contribution in [-0.4, -0.2) is 43.4 Å². The first kappa shape index (κ1) is 21.9. The van der Waals surface area contributed by atoms with Crippen molar-refractivity contribution in [2.75, 3.05) is 19.6 Å². The lowest BCUT2D eigenvalue weighted by molar-refractivity contribution is -0.126. The van der Waals surface area contributed by atoms with Crippen LogP contribution in [0.15, 0.2) is 9.42 Å². The Morgan fingerprint density at radius 2 is 1.96 bits per heavy atom. The van der Waals surface area contributed by atoms with Crippen LogP contribution in [0.5, 0.6) is 0 Å². The van der Waals surface area contributed by atoms with E-state index in [0.29, 0.717) is 49.8 Å². The summed E-state index contributed by atoms with van der Waals surface area (Å²) in [7, 11) is -3.62. The first-order chi connectivity index (χ1) is 12.8. The standard InChI is InChI=1S/C19H33N3O4S/c1-5-7-8-16(6-2)13-20-19(23)17-9-11-22(12-10-17)27(24,25)18-14(3)21-26-15(18)4/h16-17H,5-13H2,1-4H3,(H,20,23). The van der Waals surface area contributed by atoms with Crippen molar-refractivity contribution in [3.8, 4) is 0 Å². The molecule has 0 bridgehead atoms. The minimum absolute atomic E-state index is 0.0549. The molecule has 1 amide bonds. The molecule has 27 heavy (non-hydrogen) atoms. The van der Waals surface area contributed by atoms with Gasteiger partial charge < -0.3 is 9.84 Å². The maximum Gasteiger partial charge on any atom is 0.248 e. The van der Waals surface area contributed by atoms with Crippen molar-refractivity contribution in [2.45, 2.75) is 71.1 Å². The molecular formula is C19H33N3O4S. The van der Waals surface area contributed by atoms with Gasteiger partial charge in [0.2, 0.25) is 15.9 Å². The van der Waals surface area contributed by atoms with Crippen molar-refractivity contribution >= 4 is 15.9 Å². The number of aromatic nitrogens is 1. The number of carbonyl (C=O) groups excluding carboxylic acids is 1. The Morgan fingerprint density at radius 3 is 2.48 bits per heavy atom. The third kappa shape index (κ3) is 5.31. The molecule has 1 aliphatic rings. The molecule has 7 nitrogen and oxygen atoms in total. The fraction of sp³-hybridized carbons (Fsp3) is 0.789. The minimum Gasteiger partial charge on any atom is -0.360 e. The summed E-state index contributed by atoms with van der Waals surface area (Å²) in [6.07, 6.45) is 5.64. The number of rotatable bonds is 9. The number of amides is 1. The van der Waals surface area contributed by atoms with Crippen molar-refractivity contribution in [2.24, 2.45) is 11.8 Å². The summed E-state index contributed by atoms with van der Waals surface area (Å²) in [4.78, 5) is 12.6. The molecule has 2 rings (SSSR count). The monoisotopic (exact) mass is 399 g/mol. The second-order valence-electron chi connectivity index (χ2n) is 7.49. The molecule has 1 aliphatic heterocycles. The third-order valence-electron chi connectivity index (χ3n) is 5.50. The van der Waals surface area contributed by atoms with Crippen LogP contribution in [0.4, 0.5) is 0 Å². The zero-order chi connectivity index (χ0) is 20.0. The highest BCUT2D eigenvalue weighted by Gasteiger charge is 2.35. The zero-order valence-electron chi connectivity index (χ0n) is 17.0. The summed E-state index contributed by atoms with van der Waals surface area (Å²) in [6, 6.07) is 0. The molecule has 0 saturated carbocycles. The topological polar surface area (TPSA) is 92.5 Å². The van der Waals surface area contributed by atoms with Crippen LogP contribution < -0.4 is 5.32 Å². The largest absolute Gasteiger partial charge is 0.360 e. The Hall–Kier alpha value is -1.41. The molecule has 8 heteroatoms. The molecule has 2 heterocycles. The van der Waals surface area contributed by atoms with Crippen LogP contribution in [0.25, 0.3) is 0 Å². The van der Waals surface area contributed by atoms with Gasteiger partial charge in [0.1, 0.15) is 10.6 Å². The number of carbonyl (C=O) groups is 1. The molecule has 0 spiro atoms. The summed E-state index contributed by atoms with van der Waals surface area (Å²) < 4.78 is 32.1. The summed E-state index contributed by atoms with van der Waals surface area (Å²) >= 11 is 0. The summed E-state index contributed by atoms with van der Waals surface area (Å²) in [6.45, 7) is 8.98. The van der Waals surface area contributed by atoms with Gasteiger partial charge in [-0.2, -0.15) is 4.31 Å². The number of nitrogens with zero attached hydrogens (tertiary/aromatic N) is 2. The highest BCUT2D eigenvalue weighted by atomic mass is 32.2. The van der Waals surface area contributed by atoms with Gasteiger partial charge in [0, 0.05) is 25.6 Å². The molecule has 1 aromatic rings. The number of nitrogens with one attached hydrogen (secondary N) is 1. The van der Waals surface area contributed by atoms with E-state index in [4.69, 9.17) is 4.52 Å². The lowest BCUT2D eigenvalue weighted by Crippen LogP contribution is -2.43. The first-order valence-electron chi connectivity index (χ1n) is 10.0. The van der Waals surface area contributed by atoms with E-state index in [2.05, 4.69) is 24.3 Å². The highest BCUT2D eigenvalue weighted by molar-refractivity contribution is 7.89. The van der Waals surface area contributed by atoms with E-state index < -0.39 is 10.0 Å². The predicted octanol–water partition coefficient (Wildman–Crippen LogP) is 3.02. The van der Waals surface area contributed by atoms with Gasteiger partial charge in [-0.3, -0.25) is 4.79 Å². The normalized spacial score (nSPS) is 17.8. The molecule has 1 saturated heterocycles. The summed E-state index contributed by atoms with van der Waals surface area (Å²) in [5.41, 5.74) is 0.380. The number of sulfonamides is 1. The van der Waals surface area contributed by atoms with Crippen molar-refractivity contribution in [3.63, 3.8) is 0 Å². The molecule has 154 valence electrons. The Kier molecular flexibility index (Phi) is 7.85. The fourth-order valence-corrected chi connectivity index (χ4v) is 5.42. The van der Waals surface area contributed by atoms with Gasteiger partial charge in [-0.25, -0.2) is 8.42 Å². The molecule has 0 aromatic carbocycles. The molecule has 0 aliphatic carbocycles. The molecule has 1 unspecified atom stereocenters. The van der Waals surface area contributed by atoms with Crippen LogP contribution >= 0.6 is 0 Å². The van der Waals surface area contributed by atoms with E-state index in [9.17, 15) is 13.2 Å². The number of hydrogen-bond donors (Lipinski definition) is 1. The Balaban J connectivity index is 1.88. The second kappa shape index (κ2) is 9.68. The average Bonchev–Trinajstić information content (AvgIpc) is 3.00. The molecule has 1 N–H and O–H groups in total. The minimum atomic E-state index is -3.62. The quantitative estimate of drug-likeness (QED) is 0.689. The predicted molar refractivity (Wildman–Crippen MR) is 104 cm³/mol. The third-order valence-corrected chi connectivity index (χ3v) is 7.64. The van der Waals surface area contributed by atoms with Crippen molar-refractivity contribution in [1.82, 2.24) is 14.8 Å². The average molecular weight is 400 g/mol. The Bertz CT molecular complexity index is 702. The smallest absolute Gasteiger partial charge is 0.248 e. The van der Waals surface area contributed by atoms with E-state index >= 15 is 0 Å². The zero-order valence-corrected chi connectivity index (χ0v) is 17.8. The SMILES string of the molecule is CCCCC(CC)CNC(=O)C1CCN(S(=O)(=O)c2c(C)noc2C)CC1. The Morgan fingerprint density at radius 1 is 1.30 bits per heavy atom. The fourth-order valence-electron chi connectivity index (χ4n) is 3.66. The van der Waals surface area contributed by atoms with Crippen LogP contribution in [0.2, 0.25) is 0 Å². The molecule has 1 fully saturated rings. The van der Waals surface area contributed by atoms with Gasteiger partial charge in [0.15, 0.2) is 5.76 Å². The van der Waals surface area contributed by atoms with Gasteiger partial charge in [0.25, 0.3) is 0 Å². The van der Waals surface area contributed by atoms with Gasteiger partial charge in [-0.05, 0) is 39.0 Å². The van der Waals surface area contributed by atoms with E-state index in [1.807, 2.05) is 0 Å². The van der Waals surface area contributed by atoms with E-state index in [1.54, 1.807) is 13.8 Å². The van der Waals surface area contributed by atoms with Crippen molar-refractivity contribution in [1.29, 1.82) is 0 Å². The molecule has 1 atom stereocenters. The first-order valence-corrected chi connectivity index (χ1v) is 11.5.